The summed E-state index contributed by atoms with van der Waals surface area (Å²) in [7, 11) is 0. The summed E-state index contributed by atoms with van der Waals surface area (Å²) >= 11 is 27.6. The molecular weight excluding hydrogens is 1140 g/mol. The van der Waals surface area contributed by atoms with Crippen molar-refractivity contribution in [3.63, 3.8) is 0 Å². The highest BCUT2D eigenvalue weighted by molar-refractivity contribution is 14.3. The quantitative estimate of drug-likeness (QED) is 0.241. The van der Waals surface area contributed by atoms with Gasteiger partial charge in [-0.05, 0) is 0 Å². The first-order chi connectivity index (χ1) is 7.62. The van der Waals surface area contributed by atoms with Crippen molar-refractivity contribution in [3.05, 3.63) is 0 Å². The van der Waals surface area contributed by atoms with Crippen LogP contribution in [-0.4, -0.2) is 29.7 Å². The summed E-state index contributed by atoms with van der Waals surface area (Å²) in [6, 6.07) is 0. The second kappa shape index (κ2) is 10.8. The SMILES string of the molecule is OCC(Br)(Br)C(Br)(Br)Br.OCC(I)(I)C(I)(I)I. The second-order valence-corrected chi connectivity index (χ2v) is 30.0. The first kappa shape index (κ1) is 26.2. The van der Waals surface area contributed by atoms with E-state index in [9.17, 15) is 0 Å². The number of alkyl halides is 10. The highest BCUT2D eigenvalue weighted by Crippen LogP contribution is 2.54. The lowest BCUT2D eigenvalue weighted by atomic mass is 10.5. The van der Waals surface area contributed by atoms with Gasteiger partial charge < -0.3 is 10.2 Å². The van der Waals surface area contributed by atoms with E-state index in [0.717, 1.165) is 0 Å². The predicted molar refractivity (Wildman–Crippen MR) is 140 cm³/mol. The highest BCUT2D eigenvalue weighted by atomic mass is 127. The van der Waals surface area contributed by atoms with Crippen molar-refractivity contribution in [2.75, 3.05) is 13.2 Å². The summed E-state index contributed by atoms with van der Waals surface area (Å²) < 4.78 is -1.11. The first-order valence-electron chi connectivity index (χ1n) is 3.73. The Morgan fingerprint density at radius 1 is 0.722 bits per heavy atom. The molecule has 0 spiro atoms. The van der Waals surface area contributed by atoms with Gasteiger partial charge in [-0.2, -0.15) is 0 Å². The summed E-state index contributed by atoms with van der Waals surface area (Å²) in [6.45, 7) is 0.164. The van der Waals surface area contributed by atoms with E-state index >= 15 is 0 Å². The predicted octanol–water partition coefficient (Wildman–Crippen LogP) is 6.81. The van der Waals surface area contributed by atoms with Gasteiger partial charge in [0.1, 0.15) is 4.10 Å². The van der Waals surface area contributed by atoms with Gasteiger partial charge in [-0.3, -0.25) is 0 Å². The average Bonchev–Trinajstić information content (AvgIpc) is 2.15. The van der Waals surface area contributed by atoms with Crippen LogP contribution in [0, 0.1) is 0 Å². The van der Waals surface area contributed by atoms with E-state index in [0.29, 0.717) is 0 Å². The summed E-state index contributed by atoms with van der Waals surface area (Å²) in [4.78, 5) is 0. The van der Waals surface area contributed by atoms with E-state index in [1.54, 1.807) is 0 Å². The third kappa shape index (κ3) is 10.8. The monoisotopic (exact) mass is 1140 g/mol. The molecule has 0 heterocycles. The van der Waals surface area contributed by atoms with Crippen molar-refractivity contribution in [1.82, 2.24) is 0 Å². The molecule has 0 rings (SSSR count). The molecule has 0 unspecified atom stereocenters. The fourth-order valence-electron chi connectivity index (χ4n) is 0.179. The van der Waals surface area contributed by atoms with Crippen LogP contribution in [-0.2, 0) is 0 Å². The van der Waals surface area contributed by atoms with Gasteiger partial charge in [0.25, 0.3) is 0 Å². The van der Waals surface area contributed by atoms with Crippen LogP contribution in [0.15, 0.2) is 0 Å². The Hall–Kier alpha value is 5.97. The minimum atomic E-state index is -0.590. The zero-order chi connectivity index (χ0) is 15.4. The first-order valence-corrected chi connectivity index (χ1v) is 13.1. The van der Waals surface area contributed by atoms with Crippen molar-refractivity contribution in [2.45, 2.75) is 6.24 Å². The van der Waals surface area contributed by atoms with Crippen LogP contribution < -0.4 is 0 Å². The Morgan fingerprint density at radius 3 is 1.06 bits per heavy atom. The third-order valence-electron chi connectivity index (χ3n) is 1.23. The fourth-order valence-corrected chi connectivity index (χ4v) is 1.07. The number of hydrogen-bond acceptors (Lipinski definition) is 2. The van der Waals surface area contributed by atoms with Crippen LogP contribution in [0.5, 0.6) is 0 Å². The third-order valence-corrected chi connectivity index (χ3v) is 19.4. The number of aliphatic hydroxyl groups is 2. The molecule has 0 radical (unpaired) electrons. The lowest BCUT2D eigenvalue weighted by Gasteiger charge is -2.27. The van der Waals surface area contributed by atoms with Crippen molar-refractivity contribution in [1.29, 1.82) is 0 Å². The van der Waals surface area contributed by atoms with Gasteiger partial charge in [-0.1, -0.05) is 193 Å². The summed E-state index contributed by atoms with van der Waals surface area (Å²) in [5, 5.41) is 17.6. The molecule has 0 fully saturated rings. The van der Waals surface area contributed by atoms with Gasteiger partial charge in [0.05, 0.1) is 13.2 Å². The van der Waals surface area contributed by atoms with Crippen LogP contribution in [0.2, 0.25) is 0 Å². The molecule has 0 aromatic carbocycles. The zero-order valence-electron chi connectivity index (χ0n) is 8.09. The Labute approximate surface area is 217 Å². The molecule has 0 aliphatic rings. The molecular formula is C6H6Br5I5O2. The minimum Gasteiger partial charge on any atom is -0.394 e. The molecule has 0 aliphatic carbocycles. The van der Waals surface area contributed by atoms with Gasteiger partial charge in [-0.15, -0.1) is 0 Å². The molecule has 112 valence electrons. The number of halogens is 10. The van der Waals surface area contributed by atoms with E-state index in [2.05, 4.69) is 193 Å². The maximum Gasteiger partial charge on any atom is 0.162 e. The van der Waals surface area contributed by atoms with Crippen molar-refractivity contribution < 1.29 is 10.2 Å². The van der Waals surface area contributed by atoms with Crippen LogP contribution in [0.4, 0.5) is 0 Å². The maximum absolute atomic E-state index is 8.90. The molecule has 0 saturated carbocycles. The second-order valence-electron chi connectivity index (χ2n) is 2.72. The van der Waals surface area contributed by atoms with Crippen molar-refractivity contribution in [2.24, 2.45) is 0 Å². The standard InChI is InChI=1S/C3H3Br5O.C3H3I5O/c2*4-2(5,1-9)3(6,7)8/h2*9H,1H2. The van der Waals surface area contributed by atoms with Crippen molar-refractivity contribution >= 4 is 193 Å². The van der Waals surface area contributed by atoms with Gasteiger partial charge in [0.15, 0.2) is 2.14 Å². The summed E-state index contributed by atoms with van der Waals surface area (Å²) in [5.41, 5.74) is 0. The molecule has 2 N–H and O–H groups in total. The molecule has 0 atom stereocenters. The van der Waals surface area contributed by atoms with Crippen LogP contribution in [0.1, 0.15) is 0 Å². The normalized spacial score (nSPS) is 14.0. The largest absolute Gasteiger partial charge is 0.394 e. The molecule has 0 aromatic rings. The number of aliphatic hydroxyl groups excluding tert-OH is 2. The lowest BCUT2D eigenvalue weighted by Crippen LogP contribution is -2.31. The average molecular weight is 1140 g/mol. The van der Waals surface area contributed by atoms with Crippen LogP contribution >= 0.6 is 193 Å². The summed E-state index contributed by atoms with van der Waals surface area (Å²) in [6.07, 6.45) is 0. The Morgan fingerprint density at radius 2 is 1.06 bits per heavy atom. The Bertz CT molecular complexity index is 226. The zero-order valence-corrected chi connectivity index (χ0v) is 26.8. The van der Waals surface area contributed by atoms with E-state index in [1.165, 1.54) is 0 Å². The molecule has 0 saturated heterocycles. The van der Waals surface area contributed by atoms with Gasteiger partial charge in [0, 0.05) is 0 Å². The van der Waals surface area contributed by atoms with Gasteiger partial charge in [-0.25, -0.2) is 0 Å². The Balaban J connectivity index is 0. The maximum atomic E-state index is 8.90. The molecule has 18 heavy (non-hydrogen) atoms. The van der Waals surface area contributed by atoms with E-state index in [1.807, 2.05) is 0 Å². The lowest BCUT2D eigenvalue weighted by molar-refractivity contribution is 0.293. The smallest absolute Gasteiger partial charge is 0.162 e. The van der Waals surface area contributed by atoms with Gasteiger partial charge >= 0.3 is 0 Å². The molecule has 0 aromatic heterocycles. The molecule has 12 heteroatoms. The molecule has 0 aliphatic heterocycles. The van der Waals surface area contributed by atoms with Crippen LogP contribution in [0.3, 0.4) is 0 Å². The van der Waals surface area contributed by atoms with E-state index in [4.69, 9.17) is 10.2 Å². The molecule has 0 amide bonds. The summed E-state index contributed by atoms with van der Waals surface area (Å²) in [5.74, 6) is 0. The number of hydrogen-bond donors (Lipinski definition) is 2. The van der Waals surface area contributed by atoms with Crippen molar-refractivity contribution in [3.8, 4) is 0 Å². The highest BCUT2D eigenvalue weighted by Gasteiger charge is 2.42. The van der Waals surface area contributed by atoms with E-state index in [-0.39, 0.29) is 14.1 Å². The fraction of sp³-hybridized carbons (Fsp3) is 1.00. The van der Waals surface area contributed by atoms with E-state index < -0.39 is 5.38 Å². The Kier molecular flexibility index (Phi) is 15.8. The molecule has 2 nitrogen and oxygen atoms in total. The number of rotatable bonds is 3. The van der Waals surface area contributed by atoms with Crippen LogP contribution in [0.25, 0.3) is 0 Å². The topological polar surface area (TPSA) is 40.5 Å². The molecule has 0 bridgehead atoms. The minimum absolute atomic E-state index is 0.0469. The van der Waals surface area contributed by atoms with Gasteiger partial charge in [0.2, 0.25) is 0 Å².